The summed E-state index contributed by atoms with van der Waals surface area (Å²) in [7, 11) is 0. The Morgan fingerprint density at radius 2 is 1.43 bits per heavy atom. The van der Waals surface area contributed by atoms with Crippen LogP contribution in [0, 0.1) is 0 Å². The third-order valence-corrected chi connectivity index (χ3v) is 5.69. The molecule has 3 aromatic rings. The summed E-state index contributed by atoms with van der Waals surface area (Å²) in [5.41, 5.74) is 1.56. The van der Waals surface area contributed by atoms with Gasteiger partial charge in [0.2, 0.25) is 11.8 Å². The summed E-state index contributed by atoms with van der Waals surface area (Å²) in [6.45, 7) is 2.10. The van der Waals surface area contributed by atoms with Crippen molar-refractivity contribution in [2.24, 2.45) is 0 Å². The number of aliphatic carboxylic acids is 1. The number of carbonyl (C=O) groups excluding carboxylic acids is 2. The lowest BCUT2D eigenvalue weighted by Gasteiger charge is -2.19. The molecule has 0 saturated heterocycles. The van der Waals surface area contributed by atoms with Crippen molar-refractivity contribution in [1.29, 1.82) is 0 Å². The number of imidazole rings is 1. The summed E-state index contributed by atoms with van der Waals surface area (Å²) in [6.07, 6.45) is 7.27. The summed E-state index contributed by atoms with van der Waals surface area (Å²) in [6, 6.07) is 17.6. The Balaban J connectivity index is 0.00000432. The Kier molecular flexibility index (Phi) is 11.2. The van der Waals surface area contributed by atoms with Crippen LogP contribution >= 0.6 is 12.4 Å². The molecule has 2 aromatic carbocycles. The molecule has 2 amide bonds. The summed E-state index contributed by atoms with van der Waals surface area (Å²) in [5, 5.41) is 9.74. The number of amides is 2. The zero-order valence-electron chi connectivity index (χ0n) is 19.9. The van der Waals surface area contributed by atoms with Crippen molar-refractivity contribution in [3.63, 3.8) is 0 Å². The lowest BCUT2D eigenvalue weighted by atomic mass is 10.1. The number of imide groups is 1. The third kappa shape index (κ3) is 8.07. The van der Waals surface area contributed by atoms with Gasteiger partial charge in [-0.1, -0.05) is 93.3 Å². The normalized spacial score (nSPS) is 11.3. The van der Waals surface area contributed by atoms with Crippen molar-refractivity contribution in [3.8, 4) is 0 Å². The SMILES string of the molecule is CCCCCCC(C(=O)O)n1cnc(N(C(=O)Cc2ccccc2)C(=O)Cc2ccccc2)c1.Cl. The van der Waals surface area contributed by atoms with Crippen molar-refractivity contribution in [2.45, 2.75) is 57.9 Å². The molecule has 1 atom stereocenters. The average molecular weight is 498 g/mol. The van der Waals surface area contributed by atoms with E-state index in [4.69, 9.17) is 0 Å². The molecule has 1 heterocycles. The first kappa shape index (κ1) is 27.8. The van der Waals surface area contributed by atoms with Gasteiger partial charge in [0.15, 0.2) is 5.82 Å². The highest BCUT2D eigenvalue weighted by molar-refractivity contribution is 6.15. The van der Waals surface area contributed by atoms with Crippen molar-refractivity contribution in [2.75, 3.05) is 4.90 Å². The number of hydrogen-bond donors (Lipinski definition) is 1. The van der Waals surface area contributed by atoms with E-state index < -0.39 is 23.8 Å². The smallest absolute Gasteiger partial charge is 0.326 e. The number of nitrogens with zero attached hydrogens (tertiary/aromatic N) is 3. The predicted octanol–water partition coefficient (Wildman–Crippen LogP) is 5.25. The minimum atomic E-state index is -0.960. The fraction of sp³-hybridized carbons (Fsp3) is 0.333. The number of rotatable bonds is 12. The van der Waals surface area contributed by atoms with Gasteiger partial charge in [0.1, 0.15) is 6.04 Å². The minimum absolute atomic E-state index is 0. The van der Waals surface area contributed by atoms with E-state index in [1.54, 1.807) is 0 Å². The van der Waals surface area contributed by atoms with Crippen LogP contribution < -0.4 is 4.90 Å². The van der Waals surface area contributed by atoms with Crippen molar-refractivity contribution in [3.05, 3.63) is 84.3 Å². The Bertz CT molecular complexity index is 1030. The second-order valence-corrected chi connectivity index (χ2v) is 8.33. The van der Waals surface area contributed by atoms with Crippen LogP contribution in [0.25, 0.3) is 0 Å². The molecule has 3 rings (SSSR count). The Hall–Kier alpha value is -3.45. The van der Waals surface area contributed by atoms with E-state index in [9.17, 15) is 19.5 Å². The van der Waals surface area contributed by atoms with E-state index in [0.717, 1.165) is 41.7 Å². The molecule has 1 N–H and O–H groups in total. The molecule has 0 aliphatic carbocycles. The minimum Gasteiger partial charge on any atom is -0.480 e. The number of halogens is 1. The summed E-state index contributed by atoms with van der Waals surface area (Å²) in [4.78, 5) is 43.7. The average Bonchev–Trinajstić information content (AvgIpc) is 3.29. The molecule has 0 saturated carbocycles. The lowest BCUT2D eigenvalue weighted by Crippen LogP contribution is -2.39. The van der Waals surface area contributed by atoms with Crippen LogP contribution in [0.3, 0.4) is 0 Å². The number of anilines is 1. The Morgan fingerprint density at radius 3 is 1.91 bits per heavy atom. The largest absolute Gasteiger partial charge is 0.480 e. The van der Waals surface area contributed by atoms with Crippen LogP contribution in [-0.4, -0.2) is 32.4 Å². The number of unbranched alkanes of at least 4 members (excludes halogenated alkanes) is 3. The van der Waals surface area contributed by atoms with Gasteiger partial charge in [-0.3, -0.25) is 9.59 Å². The highest BCUT2D eigenvalue weighted by Gasteiger charge is 2.27. The molecule has 8 heteroatoms. The van der Waals surface area contributed by atoms with Crippen LogP contribution in [0.1, 0.15) is 56.2 Å². The zero-order valence-corrected chi connectivity index (χ0v) is 20.7. The van der Waals surface area contributed by atoms with Gasteiger partial charge in [0, 0.05) is 6.20 Å². The maximum Gasteiger partial charge on any atom is 0.326 e. The number of aromatic nitrogens is 2. The summed E-state index contributed by atoms with van der Waals surface area (Å²) in [5.74, 6) is -1.64. The zero-order chi connectivity index (χ0) is 24.3. The highest BCUT2D eigenvalue weighted by atomic mass is 35.5. The number of benzene rings is 2. The van der Waals surface area contributed by atoms with E-state index in [2.05, 4.69) is 11.9 Å². The fourth-order valence-electron chi connectivity index (χ4n) is 3.87. The van der Waals surface area contributed by atoms with E-state index in [1.807, 2.05) is 60.7 Å². The highest BCUT2D eigenvalue weighted by Crippen LogP contribution is 2.22. The number of carboxylic acid groups (broad SMARTS) is 1. The van der Waals surface area contributed by atoms with Crippen molar-refractivity contribution in [1.82, 2.24) is 9.55 Å². The molecule has 0 bridgehead atoms. The van der Waals surface area contributed by atoms with E-state index in [0.29, 0.717) is 6.42 Å². The second-order valence-electron chi connectivity index (χ2n) is 8.33. The first-order valence-corrected chi connectivity index (χ1v) is 11.7. The third-order valence-electron chi connectivity index (χ3n) is 5.69. The molecule has 1 aromatic heterocycles. The summed E-state index contributed by atoms with van der Waals surface area (Å²) >= 11 is 0. The van der Waals surface area contributed by atoms with Gasteiger partial charge in [0.25, 0.3) is 0 Å². The molecule has 0 spiro atoms. The number of carboxylic acids is 1. The van der Waals surface area contributed by atoms with Gasteiger partial charge in [0.05, 0.1) is 19.2 Å². The van der Waals surface area contributed by atoms with Crippen molar-refractivity contribution >= 4 is 36.0 Å². The van der Waals surface area contributed by atoms with Crippen LogP contribution in [0.4, 0.5) is 5.82 Å². The Morgan fingerprint density at radius 1 is 0.886 bits per heavy atom. The Labute approximate surface area is 212 Å². The van der Waals surface area contributed by atoms with Gasteiger partial charge in [-0.2, -0.15) is 0 Å². The van der Waals surface area contributed by atoms with Gasteiger partial charge in [-0.05, 0) is 17.5 Å². The van der Waals surface area contributed by atoms with Crippen LogP contribution in [0.15, 0.2) is 73.2 Å². The summed E-state index contributed by atoms with van der Waals surface area (Å²) < 4.78 is 1.49. The maximum absolute atomic E-state index is 13.2. The lowest BCUT2D eigenvalue weighted by molar-refractivity contribution is -0.141. The van der Waals surface area contributed by atoms with Crippen LogP contribution in [0.5, 0.6) is 0 Å². The molecule has 0 radical (unpaired) electrons. The van der Waals surface area contributed by atoms with Gasteiger partial charge >= 0.3 is 5.97 Å². The topological polar surface area (TPSA) is 92.5 Å². The van der Waals surface area contributed by atoms with E-state index in [-0.39, 0.29) is 31.1 Å². The first-order valence-electron chi connectivity index (χ1n) is 11.7. The van der Waals surface area contributed by atoms with Crippen LogP contribution in [-0.2, 0) is 27.2 Å². The molecule has 0 aliphatic heterocycles. The second kappa shape index (κ2) is 14.1. The standard InChI is InChI=1S/C27H31N3O4.ClH/c1-2-3-4-11-16-23(27(33)34)29-19-24(28-20-29)30(25(31)17-21-12-7-5-8-13-21)26(32)18-22-14-9-6-10-15-22;/h5-10,12-15,19-20,23H,2-4,11,16-18H2,1H3,(H,33,34);1H. The van der Waals surface area contributed by atoms with Crippen LogP contribution in [0.2, 0.25) is 0 Å². The molecule has 7 nitrogen and oxygen atoms in total. The first-order chi connectivity index (χ1) is 16.5. The van der Waals surface area contributed by atoms with Gasteiger partial charge < -0.3 is 9.67 Å². The molecular formula is C27H32ClN3O4. The molecule has 35 heavy (non-hydrogen) atoms. The fourth-order valence-corrected chi connectivity index (χ4v) is 3.87. The van der Waals surface area contributed by atoms with E-state index >= 15 is 0 Å². The molecule has 186 valence electrons. The van der Waals surface area contributed by atoms with Gasteiger partial charge in [-0.25, -0.2) is 14.7 Å². The molecule has 0 fully saturated rings. The maximum atomic E-state index is 13.2. The predicted molar refractivity (Wildman–Crippen MR) is 138 cm³/mol. The molecule has 0 aliphatic rings. The van der Waals surface area contributed by atoms with Gasteiger partial charge in [-0.15, -0.1) is 12.4 Å². The number of hydrogen-bond acceptors (Lipinski definition) is 4. The quantitative estimate of drug-likeness (QED) is 0.345. The monoisotopic (exact) mass is 497 g/mol. The molecular weight excluding hydrogens is 466 g/mol. The van der Waals surface area contributed by atoms with Crippen molar-refractivity contribution < 1.29 is 19.5 Å². The van der Waals surface area contributed by atoms with E-state index in [1.165, 1.54) is 17.1 Å². The number of carbonyl (C=O) groups is 3. The molecule has 1 unspecified atom stereocenters.